The minimum absolute atomic E-state index is 0.247. The highest BCUT2D eigenvalue weighted by molar-refractivity contribution is 9.10. The molecular weight excluding hydrogens is 547 g/mol. The summed E-state index contributed by atoms with van der Waals surface area (Å²) in [5, 5.41) is 10.8. The number of anilines is 1. The third-order valence-electron chi connectivity index (χ3n) is 5.25. The molecule has 2 aromatic carbocycles. The molecule has 0 saturated heterocycles. The van der Waals surface area contributed by atoms with Crippen molar-refractivity contribution >= 4 is 44.9 Å². The van der Waals surface area contributed by atoms with Crippen molar-refractivity contribution in [3.63, 3.8) is 0 Å². The predicted molar refractivity (Wildman–Crippen MR) is 133 cm³/mol. The smallest absolute Gasteiger partial charge is 0.370 e. The van der Waals surface area contributed by atoms with E-state index in [9.17, 15) is 18.0 Å². The van der Waals surface area contributed by atoms with Crippen LogP contribution in [0.3, 0.4) is 0 Å². The molecule has 6 nitrogen and oxygen atoms in total. The molecule has 2 N–H and O–H groups in total. The zero-order valence-corrected chi connectivity index (χ0v) is 20.6. The van der Waals surface area contributed by atoms with Crippen molar-refractivity contribution in [2.75, 3.05) is 18.4 Å². The van der Waals surface area contributed by atoms with E-state index in [0.717, 1.165) is 16.1 Å². The second kappa shape index (κ2) is 10.7. The number of hydrogen-bond donors (Lipinski definition) is 2. The fraction of sp³-hybridized carbons (Fsp3) is 0.208. The summed E-state index contributed by atoms with van der Waals surface area (Å²) in [6.45, 7) is 0.796. The maximum absolute atomic E-state index is 13.1. The number of rotatable bonds is 8. The van der Waals surface area contributed by atoms with Crippen LogP contribution in [-0.2, 0) is 6.18 Å². The van der Waals surface area contributed by atoms with Crippen LogP contribution in [0.5, 0.6) is 0 Å². The fourth-order valence-electron chi connectivity index (χ4n) is 3.56. The second-order valence-corrected chi connectivity index (χ2v) is 8.93. The molecule has 0 aliphatic carbocycles. The Labute approximate surface area is 212 Å². The normalized spacial score (nSPS) is 11.6. The molecular formula is C24H20BrClF3N5O. The molecule has 1 amide bonds. The van der Waals surface area contributed by atoms with E-state index in [1.807, 2.05) is 24.3 Å². The van der Waals surface area contributed by atoms with Gasteiger partial charge in [-0.2, -0.15) is 22.8 Å². The van der Waals surface area contributed by atoms with Gasteiger partial charge in [0.05, 0.1) is 27.5 Å². The third-order valence-corrected chi connectivity index (χ3v) is 6.14. The van der Waals surface area contributed by atoms with E-state index in [1.54, 1.807) is 16.8 Å². The van der Waals surface area contributed by atoms with E-state index in [2.05, 4.69) is 36.6 Å². The summed E-state index contributed by atoms with van der Waals surface area (Å²) < 4.78 is 41.8. The Morgan fingerprint density at radius 3 is 2.54 bits per heavy atom. The third kappa shape index (κ3) is 5.76. The number of alkyl halides is 3. The van der Waals surface area contributed by atoms with Crippen LogP contribution in [-0.4, -0.2) is 33.6 Å². The van der Waals surface area contributed by atoms with Gasteiger partial charge < -0.3 is 10.6 Å². The number of aromatic nitrogens is 3. The zero-order valence-electron chi connectivity index (χ0n) is 18.2. The van der Waals surface area contributed by atoms with E-state index < -0.39 is 17.6 Å². The van der Waals surface area contributed by atoms with Gasteiger partial charge in [0, 0.05) is 29.7 Å². The van der Waals surface area contributed by atoms with Crippen molar-refractivity contribution in [2.24, 2.45) is 0 Å². The van der Waals surface area contributed by atoms with E-state index >= 15 is 0 Å². The summed E-state index contributed by atoms with van der Waals surface area (Å²) in [6, 6.07) is 14.0. The van der Waals surface area contributed by atoms with Crippen LogP contribution >= 0.6 is 27.5 Å². The number of hydrogen-bond acceptors (Lipinski definition) is 4. The molecule has 2 aromatic heterocycles. The molecule has 0 radical (unpaired) electrons. The fourth-order valence-corrected chi connectivity index (χ4v) is 4.14. The van der Waals surface area contributed by atoms with Crippen molar-refractivity contribution in [2.45, 2.75) is 19.0 Å². The van der Waals surface area contributed by atoms with E-state index in [0.29, 0.717) is 41.6 Å². The summed E-state index contributed by atoms with van der Waals surface area (Å²) in [5.74, 6) is -0.0359. The molecule has 2 heterocycles. The molecule has 0 spiro atoms. The lowest BCUT2D eigenvalue weighted by Gasteiger charge is -2.13. The molecule has 0 saturated carbocycles. The van der Waals surface area contributed by atoms with E-state index in [4.69, 9.17) is 11.6 Å². The Hall–Kier alpha value is -3.11. The standard InChI is InChI=1S/C24H20BrClF3N5O/c25-18-14-32-34-21(13-20(33-22(18)34)16-8-2-4-10-19(16)26)30-11-5-6-12-31-23(35)15-7-1-3-9-17(15)24(27,28)29/h1-4,7-10,13-14,30H,5-6,11-12H2,(H,31,35). The Balaban J connectivity index is 1.37. The number of benzene rings is 2. The van der Waals surface area contributed by atoms with Gasteiger partial charge in [-0.15, -0.1) is 0 Å². The molecule has 182 valence electrons. The first-order valence-electron chi connectivity index (χ1n) is 10.7. The topological polar surface area (TPSA) is 71.3 Å². The maximum Gasteiger partial charge on any atom is 0.417 e. The average Bonchev–Trinajstić information content (AvgIpc) is 3.21. The molecule has 0 unspecified atom stereocenters. The molecule has 4 rings (SSSR count). The van der Waals surface area contributed by atoms with Crippen LogP contribution in [0, 0.1) is 0 Å². The molecule has 0 bridgehead atoms. The lowest BCUT2D eigenvalue weighted by Crippen LogP contribution is -2.27. The lowest BCUT2D eigenvalue weighted by atomic mass is 10.1. The first kappa shape index (κ1) is 25.0. The Bertz CT molecular complexity index is 1360. The van der Waals surface area contributed by atoms with Gasteiger partial charge in [-0.3, -0.25) is 4.79 Å². The van der Waals surface area contributed by atoms with Gasteiger partial charge in [-0.05, 0) is 47.0 Å². The molecule has 0 fully saturated rings. The van der Waals surface area contributed by atoms with E-state index in [-0.39, 0.29) is 12.1 Å². The lowest BCUT2D eigenvalue weighted by molar-refractivity contribution is -0.137. The zero-order chi connectivity index (χ0) is 25.0. The Morgan fingerprint density at radius 2 is 1.77 bits per heavy atom. The van der Waals surface area contributed by atoms with Crippen molar-refractivity contribution in [3.05, 3.63) is 81.4 Å². The van der Waals surface area contributed by atoms with Crippen molar-refractivity contribution in [1.29, 1.82) is 0 Å². The van der Waals surface area contributed by atoms with Gasteiger partial charge in [0.2, 0.25) is 0 Å². The molecule has 0 atom stereocenters. The van der Waals surface area contributed by atoms with Crippen LogP contribution in [0.1, 0.15) is 28.8 Å². The largest absolute Gasteiger partial charge is 0.417 e. The first-order valence-corrected chi connectivity index (χ1v) is 11.9. The summed E-state index contributed by atoms with van der Waals surface area (Å²) in [6.07, 6.45) is -1.70. The van der Waals surface area contributed by atoms with Crippen molar-refractivity contribution in [3.8, 4) is 11.3 Å². The van der Waals surface area contributed by atoms with Gasteiger partial charge in [-0.25, -0.2) is 4.98 Å². The number of carbonyl (C=O) groups is 1. The Kier molecular flexibility index (Phi) is 7.61. The number of amides is 1. The van der Waals surface area contributed by atoms with Crippen LogP contribution in [0.15, 0.2) is 65.3 Å². The minimum atomic E-state index is -4.59. The predicted octanol–water partition coefficient (Wildman–Crippen LogP) is 6.45. The van der Waals surface area contributed by atoms with Gasteiger partial charge in [0.1, 0.15) is 5.82 Å². The quantitative estimate of drug-likeness (QED) is 0.240. The van der Waals surface area contributed by atoms with Gasteiger partial charge >= 0.3 is 6.18 Å². The molecule has 4 aromatic rings. The van der Waals surface area contributed by atoms with Gasteiger partial charge in [0.25, 0.3) is 5.91 Å². The molecule has 35 heavy (non-hydrogen) atoms. The summed E-state index contributed by atoms with van der Waals surface area (Å²) in [7, 11) is 0. The van der Waals surface area contributed by atoms with Crippen LogP contribution in [0.2, 0.25) is 5.02 Å². The number of fused-ring (bicyclic) bond motifs is 1. The van der Waals surface area contributed by atoms with Gasteiger partial charge in [0.15, 0.2) is 5.65 Å². The highest BCUT2D eigenvalue weighted by Crippen LogP contribution is 2.32. The number of unbranched alkanes of at least 4 members (excludes halogenated alkanes) is 1. The van der Waals surface area contributed by atoms with Crippen LogP contribution in [0.25, 0.3) is 16.9 Å². The van der Waals surface area contributed by atoms with Gasteiger partial charge in [-0.1, -0.05) is 41.9 Å². The van der Waals surface area contributed by atoms with Crippen LogP contribution < -0.4 is 10.6 Å². The minimum Gasteiger partial charge on any atom is -0.370 e. The summed E-state index contributed by atoms with van der Waals surface area (Å²) in [4.78, 5) is 16.9. The monoisotopic (exact) mass is 565 g/mol. The summed E-state index contributed by atoms with van der Waals surface area (Å²) in [5.41, 5.74) is 0.770. The number of carbonyl (C=O) groups excluding carboxylic acids is 1. The number of halogens is 5. The number of nitrogens with one attached hydrogen (secondary N) is 2. The van der Waals surface area contributed by atoms with E-state index in [1.165, 1.54) is 18.2 Å². The molecule has 0 aliphatic rings. The maximum atomic E-state index is 13.1. The highest BCUT2D eigenvalue weighted by Gasteiger charge is 2.34. The Morgan fingerprint density at radius 1 is 1.06 bits per heavy atom. The molecule has 11 heteroatoms. The average molecular weight is 567 g/mol. The van der Waals surface area contributed by atoms with Crippen molar-refractivity contribution < 1.29 is 18.0 Å². The number of nitrogens with zero attached hydrogens (tertiary/aromatic N) is 3. The van der Waals surface area contributed by atoms with Crippen LogP contribution in [0.4, 0.5) is 19.0 Å². The summed E-state index contributed by atoms with van der Waals surface area (Å²) >= 11 is 9.81. The molecule has 0 aliphatic heterocycles. The van der Waals surface area contributed by atoms with Crippen molar-refractivity contribution in [1.82, 2.24) is 19.9 Å². The second-order valence-electron chi connectivity index (χ2n) is 7.67. The highest BCUT2D eigenvalue weighted by atomic mass is 79.9. The first-order chi connectivity index (χ1) is 16.8. The SMILES string of the molecule is O=C(NCCCCNc1cc(-c2ccccc2Cl)nc2c(Br)cnn12)c1ccccc1C(F)(F)F.